The van der Waals surface area contributed by atoms with E-state index in [1.165, 1.54) is 58.5 Å². The van der Waals surface area contributed by atoms with E-state index in [4.69, 9.17) is 4.74 Å². The second-order valence-corrected chi connectivity index (χ2v) is 9.99. The van der Waals surface area contributed by atoms with Crippen molar-refractivity contribution in [3.05, 3.63) is 0 Å². The Morgan fingerprint density at radius 2 is 1.41 bits per heavy atom. The largest absolute Gasteiger partial charge is 0.469 e. The van der Waals surface area contributed by atoms with Gasteiger partial charge < -0.3 is 4.74 Å². The average Bonchev–Trinajstić information content (AvgIpc) is 2.64. The van der Waals surface area contributed by atoms with Crippen LogP contribution < -0.4 is 0 Å². The molecule has 0 radical (unpaired) electrons. The van der Waals surface area contributed by atoms with Crippen LogP contribution in [0.3, 0.4) is 0 Å². The van der Waals surface area contributed by atoms with E-state index in [0.717, 1.165) is 19.3 Å². The first-order valence-corrected chi connectivity index (χ1v) is 11.7. The summed E-state index contributed by atoms with van der Waals surface area (Å²) >= 11 is 0. The van der Waals surface area contributed by atoms with Crippen molar-refractivity contribution in [2.75, 3.05) is 13.7 Å². The number of ether oxygens (including phenoxy) is 1. The molecule has 0 aromatic carbocycles. The standard InChI is InChI=1S/C25H47NO3/c1-7-8-9-10-11-12-13-14-15-16-22(27)17-18-24(2,3)20-26-21-25(4,5)19-23(28)29-6/h20H,7-19,21H2,1-6H3. The zero-order valence-corrected chi connectivity index (χ0v) is 20.1. The van der Waals surface area contributed by atoms with E-state index in [1.54, 1.807) is 0 Å². The van der Waals surface area contributed by atoms with Gasteiger partial charge >= 0.3 is 5.97 Å². The minimum absolute atomic E-state index is 0.102. The third kappa shape index (κ3) is 17.4. The first-order valence-electron chi connectivity index (χ1n) is 11.7. The molecular formula is C25H47NO3. The molecule has 4 heteroatoms. The summed E-state index contributed by atoms with van der Waals surface area (Å²) < 4.78 is 4.74. The van der Waals surface area contributed by atoms with Crippen molar-refractivity contribution < 1.29 is 14.3 Å². The lowest BCUT2D eigenvalue weighted by molar-refractivity contribution is -0.142. The Bertz CT molecular complexity index is 480. The van der Waals surface area contributed by atoms with Crippen LogP contribution in [0.5, 0.6) is 0 Å². The Morgan fingerprint density at radius 1 is 0.862 bits per heavy atom. The topological polar surface area (TPSA) is 55.7 Å². The molecule has 0 amide bonds. The van der Waals surface area contributed by atoms with E-state index < -0.39 is 0 Å². The fourth-order valence-electron chi connectivity index (χ4n) is 3.34. The maximum absolute atomic E-state index is 12.2. The van der Waals surface area contributed by atoms with Crippen LogP contribution in [0.1, 0.15) is 118 Å². The smallest absolute Gasteiger partial charge is 0.306 e. The van der Waals surface area contributed by atoms with Crippen LogP contribution >= 0.6 is 0 Å². The third-order valence-electron chi connectivity index (χ3n) is 5.42. The highest BCUT2D eigenvalue weighted by molar-refractivity contribution is 5.79. The molecule has 0 atom stereocenters. The van der Waals surface area contributed by atoms with Crippen LogP contribution in [0.2, 0.25) is 0 Å². The van der Waals surface area contributed by atoms with Gasteiger partial charge in [-0.3, -0.25) is 14.6 Å². The molecule has 0 N–H and O–H groups in total. The summed E-state index contributed by atoms with van der Waals surface area (Å²) in [5.74, 6) is 0.173. The summed E-state index contributed by atoms with van der Waals surface area (Å²) in [6, 6.07) is 0. The van der Waals surface area contributed by atoms with Gasteiger partial charge in [0.1, 0.15) is 5.78 Å². The van der Waals surface area contributed by atoms with Gasteiger partial charge in [0.15, 0.2) is 0 Å². The van der Waals surface area contributed by atoms with Gasteiger partial charge in [0.25, 0.3) is 0 Å². The molecule has 0 rings (SSSR count). The van der Waals surface area contributed by atoms with Gasteiger partial charge in [-0.2, -0.15) is 0 Å². The van der Waals surface area contributed by atoms with Crippen LogP contribution in [0.15, 0.2) is 4.99 Å². The zero-order valence-electron chi connectivity index (χ0n) is 20.1. The summed E-state index contributed by atoms with van der Waals surface area (Å²) in [6.45, 7) is 11.1. The van der Waals surface area contributed by atoms with E-state index in [0.29, 0.717) is 25.2 Å². The molecule has 0 heterocycles. The average molecular weight is 410 g/mol. The normalized spacial score (nSPS) is 12.5. The molecule has 0 saturated carbocycles. The highest BCUT2D eigenvalue weighted by Crippen LogP contribution is 2.24. The van der Waals surface area contributed by atoms with E-state index in [2.05, 4.69) is 25.8 Å². The lowest BCUT2D eigenvalue weighted by atomic mass is 9.86. The molecule has 0 fully saturated rings. The highest BCUT2D eigenvalue weighted by atomic mass is 16.5. The Morgan fingerprint density at radius 3 is 1.97 bits per heavy atom. The summed E-state index contributed by atoms with van der Waals surface area (Å²) in [5, 5.41) is 0. The monoisotopic (exact) mass is 409 g/mol. The lowest BCUT2D eigenvalue weighted by Gasteiger charge is -2.23. The van der Waals surface area contributed by atoms with Gasteiger partial charge in [0.05, 0.1) is 13.5 Å². The van der Waals surface area contributed by atoms with Crippen molar-refractivity contribution >= 4 is 18.0 Å². The molecule has 0 aromatic heterocycles. The van der Waals surface area contributed by atoms with Gasteiger partial charge in [-0.05, 0) is 23.7 Å². The predicted octanol–water partition coefficient (Wildman–Crippen LogP) is 6.94. The second-order valence-electron chi connectivity index (χ2n) is 9.99. The number of nitrogens with zero attached hydrogens (tertiary/aromatic N) is 1. The van der Waals surface area contributed by atoms with Crippen molar-refractivity contribution in [2.24, 2.45) is 15.8 Å². The van der Waals surface area contributed by atoms with E-state index >= 15 is 0 Å². The minimum atomic E-state index is -0.217. The maximum Gasteiger partial charge on any atom is 0.306 e. The number of aliphatic imine (C=N–C) groups is 1. The Kier molecular flexibility index (Phi) is 15.0. The van der Waals surface area contributed by atoms with Crippen molar-refractivity contribution in [1.29, 1.82) is 0 Å². The summed E-state index contributed by atoms with van der Waals surface area (Å²) in [6.07, 6.45) is 16.0. The molecular weight excluding hydrogens is 362 g/mol. The Hall–Kier alpha value is -1.19. The molecule has 0 aliphatic carbocycles. The number of hydrogen-bond acceptors (Lipinski definition) is 4. The van der Waals surface area contributed by atoms with Crippen LogP contribution in [-0.2, 0) is 14.3 Å². The molecule has 0 spiro atoms. The van der Waals surface area contributed by atoms with Crippen molar-refractivity contribution in [3.8, 4) is 0 Å². The fraction of sp³-hybridized carbons (Fsp3) is 0.880. The molecule has 29 heavy (non-hydrogen) atoms. The van der Waals surface area contributed by atoms with Crippen LogP contribution in [-0.4, -0.2) is 31.6 Å². The number of hydrogen-bond donors (Lipinski definition) is 0. The Balaban J connectivity index is 3.93. The molecule has 0 aliphatic heterocycles. The van der Waals surface area contributed by atoms with E-state index in [1.807, 2.05) is 20.1 Å². The number of Topliss-reactive ketones (excluding diaryl/α,β-unsaturated/α-hetero) is 1. The molecule has 0 aliphatic rings. The fourth-order valence-corrected chi connectivity index (χ4v) is 3.34. The first kappa shape index (κ1) is 27.8. The molecule has 170 valence electrons. The van der Waals surface area contributed by atoms with Crippen LogP contribution in [0.25, 0.3) is 0 Å². The zero-order chi connectivity index (χ0) is 22.2. The Labute approximate surface area is 180 Å². The quantitative estimate of drug-likeness (QED) is 0.140. The number of carbonyl (C=O) groups excluding carboxylic acids is 2. The molecule has 0 saturated heterocycles. The van der Waals surface area contributed by atoms with Crippen LogP contribution in [0, 0.1) is 10.8 Å². The molecule has 0 unspecified atom stereocenters. The van der Waals surface area contributed by atoms with Crippen molar-refractivity contribution in [2.45, 2.75) is 118 Å². The third-order valence-corrected chi connectivity index (χ3v) is 5.42. The summed E-state index contributed by atoms with van der Waals surface area (Å²) in [5.41, 5.74) is -0.318. The SMILES string of the molecule is CCCCCCCCCCCC(=O)CCC(C)(C)C=NCC(C)(C)CC(=O)OC. The lowest BCUT2D eigenvalue weighted by Crippen LogP contribution is -2.22. The number of rotatable bonds is 18. The summed E-state index contributed by atoms with van der Waals surface area (Å²) in [7, 11) is 1.41. The van der Waals surface area contributed by atoms with Gasteiger partial charge in [-0.25, -0.2) is 0 Å². The number of ketones is 1. The highest BCUT2D eigenvalue weighted by Gasteiger charge is 2.23. The summed E-state index contributed by atoms with van der Waals surface area (Å²) in [4.78, 5) is 28.2. The molecule has 0 bridgehead atoms. The number of carbonyl (C=O) groups is 2. The van der Waals surface area contributed by atoms with E-state index in [9.17, 15) is 9.59 Å². The van der Waals surface area contributed by atoms with Crippen LogP contribution in [0.4, 0.5) is 0 Å². The van der Waals surface area contributed by atoms with Gasteiger partial charge in [0, 0.05) is 25.6 Å². The predicted molar refractivity (Wildman–Crippen MR) is 124 cm³/mol. The minimum Gasteiger partial charge on any atom is -0.469 e. The maximum atomic E-state index is 12.2. The first-order chi connectivity index (χ1) is 13.6. The molecule has 0 aromatic rings. The van der Waals surface area contributed by atoms with Crippen molar-refractivity contribution in [1.82, 2.24) is 0 Å². The van der Waals surface area contributed by atoms with Crippen molar-refractivity contribution in [3.63, 3.8) is 0 Å². The number of esters is 1. The van der Waals surface area contributed by atoms with Gasteiger partial charge in [-0.15, -0.1) is 0 Å². The number of methoxy groups -OCH3 is 1. The van der Waals surface area contributed by atoms with E-state index in [-0.39, 0.29) is 16.8 Å². The van der Waals surface area contributed by atoms with Gasteiger partial charge in [0.2, 0.25) is 0 Å². The number of unbranched alkanes of at least 4 members (excludes halogenated alkanes) is 8. The second kappa shape index (κ2) is 15.6. The molecule has 4 nitrogen and oxygen atoms in total. The van der Waals surface area contributed by atoms with Gasteiger partial charge in [-0.1, -0.05) is 86.0 Å².